The Morgan fingerprint density at radius 2 is 1.85 bits per heavy atom. The number of hydrogen-bond acceptors (Lipinski definition) is 3. The van der Waals surface area contributed by atoms with E-state index in [4.69, 9.17) is 0 Å². The zero-order valence-electron chi connectivity index (χ0n) is 13.9. The number of nitrogens with zero attached hydrogens (tertiary/aromatic N) is 2. The average molecular weight is 279 g/mol. The first-order valence-electron chi connectivity index (χ1n) is 8.68. The summed E-state index contributed by atoms with van der Waals surface area (Å²) in [7, 11) is 0. The van der Waals surface area contributed by atoms with Crippen molar-refractivity contribution in [1.29, 1.82) is 0 Å². The number of piperidine rings is 1. The minimum absolute atomic E-state index is 0.402. The molecule has 2 unspecified atom stereocenters. The van der Waals surface area contributed by atoms with Crippen LogP contribution in [0.15, 0.2) is 0 Å². The van der Waals surface area contributed by atoms with Gasteiger partial charge in [-0.25, -0.2) is 0 Å². The highest BCUT2D eigenvalue weighted by atomic mass is 15.3. The van der Waals surface area contributed by atoms with Gasteiger partial charge in [-0.3, -0.25) is 4.90 Å². The predicted octanol–water partition coefficient (Wildman–Crippen LogP) is 2.04. The maximum Gasteiger partial charge on any atom is 0.0200 e. The summed E-state index contributed by atoms with van der Waals surface area (Å²) in [5, 5.41) is 3.60. The van der Waals surface area contributed by atoms with Gasteiger partial charge in [-0.05, 0) is 64.1 Å². The molecule has 0 radical (unpaired) electrons. The highest BCUT2D eigenvalue weighted by molar-refractivity contribution is 5.06. The van der Waals surface area contributed by atoms with E-state index in [1.807, 2.05) is 0 Å². The molecule has 0 amide bonds. The van der Waals surface area contributed by atoms with Crippen LogP contribution in [0.2, 0.25) is 0 Å². The molecule has 3 heterocycles. The highest BCUT2D eigenvalue weighted by Crippen LogP contribution is 2.43. The van der Waals surface area contributed by atoms with Crippen molar-refractivity contribution >= 4 is 0 Å². The van der Waals surface area contributed by atoms with E-state index in [-0.39, 0.29) is 0 Å². The topological polar surface area (TPSA) is 18.5 Å². The average Bonchev–Trinajstić information content (AvgIpc) is 2.93. The molecular weight excluding hydrogens is 246 g/mol. The van der Waals surface area contributed by atoms with Crippen molar-refractivity contribution in [3.8, 4) is 0 Å². The third-order valence-corrected chi connectivity index (χ3v) is 6.04. The van der Waals surface area contributed by atoms with Gasteiger partial charge in [-0.1, -0.05) is 13.8 Å². The van der Waals surface area contributed by atoms with Gasteiger partial charge in [0.25, 0.3) is 0 Å². The third kappa shape index (κ3) is 2.65. The van der Waals surface area contributed by atoms with Crippen LogP contribution in [0.5, 0.6) is 0 Å². The van der Waals surface area contributed by atoms with Gasteiger partial charge in [0.05, 0.1) is 0 Å². The maximum absolute atomic E-state index is 3.60. The largest absolute Gasteiger partial charge is 0.316 e. The number of fused-ring (bicyclic) bond motifs is 1. The van der Waals surface area contributed by atoms with Crippen molar-refractivity contribution in [3.05, 3.63) is 0 Å². The van der Waals surface area contributed by atoms with Gasteiger partial charge in [0.15, 0.2) is 0 Å². The molecule has 0 saturated carbocycles. The standard InChI is InChI=1S/C17H33N3/c1-13(2)11-19-7-5-15(6-8-19)20-12-14-9-18-10-16(14)17(20,3)4/h13-16,18H,5-12H2,1-4H3. The van der Waals surface area contributed by atoms with Crippen molar-refractivity contribution in [2.24, 2.45) is 17.8 Å². The van der Waals surface area contributed by atoms with Gasteiger partial charge < -0.3 is 10.2 Å². The molecule has 0 aromatic heterocycles. The fourth-order valence-corrected chi connectivity index (χ4v) is 5.00. The van der Waals surface area contributed by atoms with E-state index < -0.39 is 0 Å². The molecular formula is C17H33N3. The van der Waals surface area contributed by atoms with E-state index in [2.05, 4.69) is 42.8 Å². The number of likely N-dealkylation sites (tertiary alicyclic amines) is 2. The first kappa shape index (κ1) is 14.8. The molecule has 3 rings (SSSR count). The first-order chi connectivity index (χ1) is 9.48. The summed E-state index contributed by atoms with van der Waals surface area (Å²) >= 11 is 0. The van der Waals surface area contributed by atoms with Crippen LogP contribution in [0.3, 0.4) is 0 Å². The Bertz CT molecular complexity index is 331. The molecule has 3 saturated heterocycles. The SMILES string of the molecule is CC(C)CN1CCC(N2CC3CNCC3C2(C)C)CC1. The summed E-state index contributed by atoms with van der Waals surface area (Å²) in [5.41, 5.74) is 0.402. The van der Waals surface area contributed by atoms with E-state index in [0.29, 0.717) is 5.54 Å². The first-order valence-corrected chi connectivity index (χ1v) is 8.68. The molecule has 1 N–H and O–H groups in total. The van der Waals surface area contributed by atoms with Crippen LogP contribution in [0.25, 0.3) is 0 Å². The van der Waals surface area contributed by atoms with Gasteiger partial charge in [0.1, 0.15) is 0 Å². The normalized spacial score (nSPS) is 35.9. The zero-order chi connectivity index (χ0) is 14.3. The molecule has 3 heteroatoms. The minimum atomic E-state index is 0.402. The summed E-state index contributed by atoms with van der Waals surface area (Å²) in [4.78, 5) is 5.54. The monoisotopic (exact) mass is 279 g/mol. The molecule has 0 bridgehead atoms. The quantitative estimate of drug-likeness (QED) is 0.853. The summed E-state index contributed by atoms with van der Waals surface area (Å²) in [6, 6.07) is 0.832. The van der Waals surface area contributed by atoms with E-state index in [0.717, 1.165) is 23.8 Å². The fourth-order valence-electron chi connectivity index (χ4n) is 5.00. The van der Waals surface area contributed by atoms with Gasteiger partial charge >= 0.3 is 0 Å². The number of nitrogens with one attached hydrogen (secondary N) is 1. The Balaban J connectivity index is 1.58. The van der Waals surface area contributed by atoms with Gasteiger partial charge in [-0.2, -0.15) is 0 Å². The number of rotatable bonds is 3. The molecule has 0 spiro atoms. The van der Waals surface area contributed by atoms with Crippen LogP contribution in [-0.2, 0) is 0 Å². The van der Waals surface area contributed by atoms with Gasteiger partial charge in [-0.15, -0.1) is 0 Å². The predicted molar refractivity (Wildman–Crippen MR) is 84.9 cm³/mol. The highest BCUT2D eigenvalue weighted by Gasteiger charge is 2.51. The number of hydrogen-bond donors (Lipinski definition) is 1. The van der Waals surface area contributed by atoms with Crippen LogP contribution in [0.1, 0.15) is 40.5 Å². The lowest BCUT2D eigenvalue weighted by Crippen LogP contribution is -2.53. The Kier molecular flexibility index (Phi) is 4.13. The molecule has 0 aliphatic carbocycles. The Morgan fingerprint density at radius 3 is 2.45 bits per heavy atom. The Hall–Kier alpha value is -0.120. The smallest absolute Gasteiger partial charge is 0.0200 e. The molecule has 116 valence electrons. The molecule has 0 aromatic carbocycles. The van der Waals surface area contributed by atoms with Crippen LogP contribution in [-0.4, -0.2) is 60.6 Å². The molecule has 3 fully saturated rings. The van der Waals surface area contributed by atoms with Crippen molar-refractivity contribution in [2.45, 2.75) is 52.1 Å². The van der Waals surface area contributed by atoms with E-state index in [1.165, 1.54) is 52.1 Å². The van der Waals surface area contributed by atoms with E-state index >= 15 is 0 Å². The second kappa shape index (κ2) is 5.58. The molecule has 3 aliphatic rings. The third-order valence-electron chi connectivity index (χ3n) is 6.04. The van der Waals surface area contributed by atoms with Crippen LogP contribution >= 0.6 is 0 Å². The lowest BCUT2D eigenvalue weighted by atomic mass is 9.84. The second-order valence-corrected chi connectivity index (χ2v) is 8.26. The van der Waals surface area contributed by atoms with Crippen molar-refractivity contribution in [2.75, 3.05) is 39.3 Å². The second-order valence-electron chi connectivity index (χ2n) is 8.26. The van der Waals surface area contributed by atoms with Gasteiger partial charge in [0.2, 0.25) is 0 Å². The lowest BCUT2D eigenvalue weighted by Gasteiger charge is -2.44. The lowest BCUT2D eigenvalue weighted by molar-refractivity contribution is 0.0444. The van der Waals surface area contributed by atoms with E-state index in [9.17, 15) is 0 Å². The van der Waals surface area contributed by atoms with Crippen molar-refractivity contribution < 1.29 is 0 Å². The Labute approximate surface area is 125 Å². The van der Waals surface area contributed by atoms with Crippen LogP contribution < -0.4 is 5.32 Å². The summed E-state index contributed by atoms with van der Waals surface area (Å²) < 4.78 is 0. The molecule has 3 nitrogen and oxygen atoms in total. The Morgan fingerprint density at radius 1 is 1.15 bits per heavy atom. The van der Waals surface area contributed by atoms with Crippen molar-refractivity contribution in [3.63, 3.8) is 0 Å². The fraction of sp³-hybridized carbons (Fsp3) is 1.00. The summed E-state index contributed by atoms with van der Waals surface area (Å²) in [6.45, 7) is 17.4. The molecule has 3 aliphatic heterocycles. The molecule has 0 aromatic rings. The molecule has 2 atom stereocenters. The van der Waals surface area contributed by atoms with Crippen molar-refractivity contribution in [1.82, 2.24) is 15.1 Å². The summed E-state index contributed by atoms with van der Waals surface area (Å²) in [5.74, 6) is 2.58. The maximum atomic E-state index is 3.60. The van der Waals surface area contributed by atoms with Crippen LogP contribution in [0, 0.1) is 17.8 Å². The minimum Gasteiger partial charge on any atom is -0.316 e. The summed E-state index contributed by atoms with van der Waals surface area (Å²) in [6.07, 6.45) is 2.76. The van der Waals surface area contributed by atoms with E-state index in [1.54, 1.807) is 0 Å². The molecule has 20 heavy (non-hydrogen) atoms. The van der Waals surface area contributed by atoms with Crippen LogP contribution in [0.4, 0.5) is 0 Å². The zero-order valence-corrected chi connectivity index (χ0v) is 13.9. The van der Waals surface area contributed by atoms with Gasteiger partial charge in [0, 0.05) is 31.2 Å².